The van der Waals surface area contributed by atoms with E-state index in [-0.39, 0.29) is 13.2 Å². The molecule has 0 amide bonds. The molecular formula is C13H14N2O4. The van der Waals surface area contributed by atoms with Crippen molar-refractivity contribution >= 4 is 17.1 Å². The summed E-state index contributed by atoms with van der Waals surface area (Å²) in [7, 11) is 0. The molecule has 1 aliphatic heterocycles. The van der Waals surface area contributed by atoms with Crippen molar-refractivity contribution in [3.8, 4) is 0 Å². The number of fused-ring (bicyclic) bond motifs is 1. The van der Waals surface area contributed by atoms with Gasteiger partial charge < -0.3 is 20.0 Å². The second-order valence-corrected chi connectivity index (χ2v) is 4.89. The predicted molar refractivity (Wildman–Crippen MR) is 66.6 cm³/mol. The first-order chi connectivity index (χ1) is 9.03. The van der Waals surface area contributed by atoms with Crippen molar-refractivity contribution in [1.82, 2.24) is 4.98 Å². The summed E-state index contributed by atoms with van der Waals surface area (Å²) in [6.45, 7) is 2.03. The minimum absolute atomic E-state index is 0.136. The average Bonchev–Trinajstić information content (AvgIpc) is 2.65. The smallest absolute Gasteiger partial charge is 0.316 e. The summed E-state index contributed by atoms with van der Waals surface area (Å²) >= 11 is 0. The van der Waals surface area contributed by atoms with Crippen molar-refractivity contribution in [3.05, 3.63) is 29.7 Å². The van der Waals surface area contributed by atoms with Gasteiger partial charge in [0.25, 0.3) is 0 Å². The zero-order chi connectivity index (χ0) is 13.6. The molecule has 1 aromatic carbocycles. The third-order valence-electron chi connectivity index (χ3n) is 3.62. The molecule has 1 aliphatic rings. The highest BCUT2D eigenvalue weighted by atomic mass is 16.5. The van der Waals surface area contributed by atoms with Gasteiger partial charge in [-0.15, -0.1) is 0 Å². The van der Waals surface area contributed by atoms with Crippen molar-refractivity contribution in [1.29, 1.82) is 0 Å². The van der Waals surface area contributed by atoms with Crippen LogP contribution in [-0.2, 0) is 9.53 Å². The Hall–Kier alpha value is -1.92. The molecule has 0 aliphatic carbocycles. The molecule has 1 aromatic heterocycles. The number of hydrogen-bond acceptors (Lipinski definition) is 5. The summed E-state index contributed by atoms with van der Waals surface area (Å²) in [5.74, 6) is -0.360. The third kappa shape index (κ3) is 1.72. The van der Waals surface area contributed by atoms with Gasteiger partial charge in [0, 0.05) is 6.92 Å². The summed E-state index contributed by atoms with van der Waals surface area (Å²) in [4.78, 5) is 15.6. The number of oxazole rings is 1. The standard InChI is InChI=1S/C13H14N2O4/c1-7-15-9-3-2-8(4-10(9)19-7)11(14)13(12(16)17)5-18-6-13/h2-4,11H,5-6,14H2,1H3,(H,16,17). The Morgan fingerprint density at radius 3 is 2.84 bits per heavy atom. The molecule has 6 nitrogen and oxygen atoms in total. The molecule has 6 heteroatoms. The minimum atomic E-state index is -1.04. The molecule has 1 atom stereocenters. The lowest BCUT2D eigenvalue weighted by Crippen LogP contribution is -2.55. The van der Waals surface area contributed by atoms with Crippen LogP contribution < -0.4 is 5.73 Å². The topological polar surface area (TPSA) is 98.6 Å². The summed E-state index contributed by atoms with van der Waals surface area (Å²) in [6, 6.07) is 4.70. The van der Waals surface area contributed by atoms with E-state index in [4.69, 9.17) is 14.9 Å². The van der Waals surface area contributed by atoms with E-state index in [0.717, 1.165) is 5.52 Å². The molecule has 1 unspecified atom stereocenters. The van der Waals surface area contributed by atoms with Gasteiger partial charge in [-0.3, -0.25) is 4.79 Å². The van der Waals surface area contributed by atoms with E-state index in [1.54, 1.807) is 25.1 Å². The average molecular weight is 262 g/mol. The van der Waals surface area contributed by atoms with Crippen LogP contribution >= 0.6 is 0 Å². The highest BCUT2D eigenvalue weighted by Crippen LogP contribution is 2.40. The van der Waals surface area contributed by atoms with Gasteiger partial charge in [0.15, 0.2) is 11.5 Å². The van der Waals surface area contributed by atoms with Crippen molar-refractivity contribution in [2.24, 2.45) is 11.1 Å². The zero-order valence-electron chi connectivity index (χ0n) is 10.4. The molecule has 1 saturated heterocycles. The SMILES string of the molecule is Cc1nc2ccc(C(N)C3(C(=O)O)COC3)cc2o1. The quantitative estimate of drug-likeness (QED) is 0.863. The molecular weight excluding hydrogens is 248 g/mol. The van der Waals surface area contributed by atoms with Crippen LogP contribution in [0.5, 0.6) is 0 Å². The second kappa shape index (κ2) is 4.04. The van der Waals surface area contributed by atoms with Gasteiger partial charge in [-0.1, -0.05) is 6.07 Å². The summed E-state index contributed by atoms with van der Waals surface area (Å²) in [5.41, 5.74) is 7.14. The first-order valence-electron chi connectivity index (χ1n) is 5.97. The molecule has 0 saturated carbocycles. The van der Waals surface area contributed by atoms with E-state index in [0.29, 0.717) is 17.0 Å². The highest BCUT2D eigenvalue weighted by molar-refractivity contribution is 5.78. The van der Waals surface area contributed by atoms with Crippen molar-refractivity contribution in [3.63, 3.8) is 0 Å². The molecule has 0 bridgehead atoms. The number of nitrogens with zero attached hydrogens (tertiary/aromatic N) is 1. The van der Waals surface area contributed by atoms with Gasteiger partial charge in [0.2, 0.25) is 0 Å². The molecule has 3 N–H and O–H groups in total. The maximum atomic E-state index is 11.4. The number of rotatable bonds is 3. The molecule has 1 fully saturated rings. The van der Waals surface area contributed by atoms with Gasteiger partial charge in [-0.2, -0.15) is 0 Å². The Balaban J connectivity index is 2.01. The summed E-state index contributed by atoms with van der Waals surface area (Å²) in [6.07, 6.45) is 0. The van der Waals surface area contributed by atoms with Gasteiger partial charge in [0.1, 0.15) is 10.9 Å². The normalized spacial score (nSPS) is 19.1. The Morgan fingerprint density at radius 1 is 1.53 bits per heavy atom. The Bertz CT molecular complexity index is 645. The van der Waals surface area contributed by atoms with E-state index in [1.807, 2.05) is 0 Å². The lowest BCUT2D eigenvalue weighted by Gasteiger charge is -2.41. The van der Waals surface area contributed by atoms with E-state index in [1.165, 1.54) is 0 Å². The van der Waals surface area contributed by atoms with Crippen LogP contribution in [-0.4, -0.2) is 29.3 Å². The van der Waals surface area contributed by atoms with E-state index >= 15 is 0 Å². The Morgan fingerprint density at radius 2 is 2.26 bits per heavy atom. The lowest BCUT2D eigenvalue weighted by atomic mass is 9.75. The van der Waals surface area contributed by atoms with E-state index < -0.39 is 17.4 Å². The highest BCUT2D eigenvalue weighted by Gasteiger charge is 2.51. The van der Waals surface area contributed by atoms with Crippen LogP contribution in [0.15, 0.2) is 22.6 Å². The zero-order valence-corrected chi connectivity index (χ0v) is 10.4. The number of aryl methyl sites for hydroxylation is 1. The largest absolute Gasteiger partial charge is 0.481 e. The lowest BCUT2D eigenvalue weighted by molar-refractivity contribution is -0.184. The van der Waals surface area contributed by atoms with Crippen LogP contribution in [0.2, 0.25) is 0 Å². The van der Waals surface area contributed by atoms with Gasteiger partial charge in [-0.25, -0.2) is 4.98 Å². The Labute approximate surface area is 109 Å². The van der Waals surface area contributed by atoms with Gasteiger partial charge >= 0.3 is 5.97 Å². The van der Waals surface area contributed by atoms with Crippen molar-refractivity contribution in [2.45, 2.75) is 13.0 Å². The van der Waals surface area contributed by atoms with Crippen LogP contribution in [0.3, 0.4) is 0 Å². The molecule has 0 radical (unpaired) electrons. The fourth-order valence-electron chi connectivity index (χ4n) is 2.33. The number of hydrogen-bond donors (Lipinski definition) is 2. The fourth-order valence-corrected chi connectivity index (χ4v) is 2.33. The number of carbonyl (C=O) groups is 1. The van der Waals surface area contributed by atoms with Crippen LogP contribution in [0.4, 0.5) is 0 Å². The summed E-state index contributed by atoms with van der Waals surface area (Å²) in [5, 5.41) is 9.34. The first kappa shape index (κ1) is 12.1. The molecule has 2 heterocycles. The van der Waals surface area contributed by atoms with Gasteiger partial charge in [-0.05, 0) is 17.7 Å². The monoisotopic (exact) mass is 262 g/mol. The molecule has 0 spiro atoms. The molecule has 100 valence electrons. The fraction of sp³-hybridized carbons (Fsp3) is 0.385. The number of ether oxygens (including phenoxy) is 1. The number of carboxylic acids is 1. The number of benzene rings is 1. The van der Waals surface area contributed by atoms with Gasteiger partial charge in [0.05, 0.1) is 19.3 Å². The molecule has 3 rings (SSSR count). The van der Waals surface area contributed by atoms with E-state index in [9.17, 15) is 9.90 Å². The third-order valence-corrected chi connectivity index (χ3v) is 3.62. The molecule has 19 heavy (non-hydrogen) atoms. The van der Waals surface area contributed by atoms with Crippen LogP contribution in [0, 0.1) is 12.3 Å². The maximum absolute atomic E-state index is 11.4. The van der Waals surface area contributed by atoms with Crippen LogP contribution in [0.25, 0.3) is 11.1 Å². The van der Waals surface area contributed by atoms with E-state index in [2.05, 4.69) is 4.98 Å². The number of carboxylic acid groups (broad SMARTS) is 1. The number of aromatic nitrogens is 1. The number of nitrogens with two attached hydrogens (primary N) is 1. The van der Waals surface area contributed by atoms with Crippen LogP contribution in [0.1, 0.15) is 17.5 Å². The minimum Gasteiger partial charge on any atom is -0.481 e. The first-order valence-corrected chi connectivity index (χ1v) is 5.97. The Kier molecular flexibility index (Phi) is 2.58. The second-order valence-electron chi connectivity index (χ2n) is 4.89. The molecule has 2 aromatic rings. The number of aliphatic carboxylic acids is 1. The summed E-state index contributed by atoms with van der Waals surface area (Å²) < 4.78 is 10.5. The maximum Gasteiger partial charge on any atom is 0.316 e. The predicted octanol–water partition coefficient (Wildman–Crippen LogP) is 1.24. The van der Waals surface area contributed by atoms with Crippen molar-refractivity contribution < 1.29 is 19.1 Å². The van der Waals surface area contributed by atoms with Crippen molar-refractivity contribution in [2.75, 3.05) is 13.2 Å².